The molecule has 0 spiro atoms. The van der Waals surface area contributed by atoms with Crippen LogP contribution in [0.2, 0.25) is 0 Å². The first-order valence-corrected chi connectivity index (χ1v) is 11.6. The van der Waals surface area contributed by atoms with E-state index in [0.717, 1.165) is 33.5 Å². The second kappa shape index (κ2) is 9.48. The van der Waals surface area contributed by atoms with E-state index in [4.69, 9.17) is 9.26 Å². The molecule has 5 aromatic rings. The lowest BCUT2D eigenvalue weighted by molar-refractivity contribution is 0.391. The van der Waals surface area contributed by atoms with Crippen molar-refractivity contribution in [3.63, 3.8) is 0 Å². The van der Waals surface area contributed by atoms with Crippen molar-refractivity contribution in [3.8, 4) is 34.2 Å². The van der Waals surface area contributed by atoms with Crippen LogP contribution in [0.4, 0.5) is 0 Å². The van der Waals surface area contributed by atoms with Gasteiger partial charge in [-0.05, 0) is 61.4 Å². The normalized spacial score (nSPS) is 11.0. The van der Waals surface area contributed by atoms with Crippen LogP contribution < -0.4 is 4.74 Å². The molecule has 0 aliphatic heterocycles. The molecule has 5 rings (SSSR count). The Morgan fingerprint density at radius 3 is 2.59 bits per heavy atom. The van der Waals surface area contributed by atoms with Crippen molar-refractivity contribution in [2.45, 2.75) is 24.8 Å². The molecule has 0 fully saturated rings. The minimum absolute atomic E-state index is 0.455. The fourth-order valence-corrected chi connectivity index (χ4v) is 4.26. The highest BCUT2D eigenvalue weighted by atomic mass is 32.2. The second-order valence-electron chi connectivity index (χ2n) is 7.68. The summed E-state index contributed by atoms with van der Waals surface area (Å²) in [6, 6.07) is 17.7. The largest absolute Gasteiger partial charge is 0.497 e. The van der Waals surface area contributed by atoms with Crippen LogP contribution in [0.3, 0.4) is 0 Å². The van der Waals surface area contributed by atoms with E-state index < -0.39 is 0 Å². The lowest BCUT2D eigenvalue weighted by Crippen LogP contribution is -2.01. The van der Waals surface area contributed by atoms with E-state index >= 15 is 0 Å². The Morgan fingerprint density at radius 2 is 1.79 bits per heavy atom. The number of benzene rings is 2. The molecule has 0 atom stereocenters. The Kier molecular flexibility index (Phi) is 6.09. The van der Waals surface area contributed by atoms with Gasteiger partial charge in [-0.15, -0.1) is 10.2 Å². The molecule has 0 saturated heterocycles. The molecule has 0 bridgehead atoms. The monoisotopic (exact) mass is 470 g/mol. The molecule has 34 heavy (non-hydrogen) atoms. The van der Waals surface area contributed by atoms with Crippen molar-refractivity contribution in [1.82, 2.24) is 29.9 Å². The number of rotatable bonds is 7. The van der Waals surface area contributed by atoms with Gasteiger partial charge in [0.2, 0.25) is 11.7 Å². The first-order valence-electron chi connectivity index (χ1n) is 10.7. The second-order valence-corrected chi connectivity index (χ2v) is 8.62. The van der Waals surface area contributed by atoms with Gasteiger partial charge in [-0.2, -0.15) is 4.98 Å². The van der Waals surface area contributed by atoms with Gasteiger partial charge in [0.1, 0.15) is 5.75 Å². The summed E-state index contributed by atoms with van der Waals surface area (Å²) < 4.78 is 12.8. The molecule has 2 aromatic carbocycles. The Balaban J connectivity index is 1.45. The van der Waals surface area contributed by atoms with Gasteiger partial charge in [0.15, 0.2) is 11.0 Å². The summed E-state index contributed by atoms with van der Waals surface area (Å²) in [4.78, 5) is 8.67. The third-order valence-corrected chi connectivity index (χ3v) is 6.36. The third-order valence-electron chi connectivity index (χ3n) is 5.44. The van der Waals surface area contributed by atoms with Crippen molar-refractivity contribution in [2.24, 2.45) is 0 Å². The van der Waals surface area contributed by atoms with Crippen LogP contribution in [0.15, 0.2) is 76.7 Å². The molecule has 0 radical (unpaired) electrons. The van der Waals surface area contributed by atoms with Gasteiger partial charge < -0.3 is 9.26 Å². The number of aryl methyl sites for hydroxylation is 2. The van der Waals surface area contributed by atoms with Gasteiger partial charge in [-0.25, -0.2) is 0 Å². The number of thioether (sulfide) groups is 1. The molecule has 0 unspecified atom stereocenters. The lowest BCUT2D eigenvalue weighted by atomic mass is 10.1. The van der Waals surface area contributed by atoms with E-state index in [1.54, 1.807) is 19.5 Å². The molecule has 0 aliphatic rings. The van der Waals surface area contributed by atoms with E-state index in [-0.39, 0.29) is 0 Å². The summed E-state index contributed by atoms with van der Waals surface area (Å²) in [5.41, 5.74) is 5.18. The molecule has 0 aliphatic carbocycles. The topological polar surface area (TPSA) is 91.8 Å². The molecule has 9 heteroatoms. The Labute approximate surface area is 201 Å². The zero-order valence-corrected chi connectivity index (χ0v) is 19.8. The van der Waals surface area contributed by atoms with Gasteiger partial charge in [-0.1, -0.05) is 35.1 Å². The SMILES string of the molecule is COc1cccc(-c2noc(CSc3nnc(-c4ccncc4)n3-c3ccc(C)c(C)c3)n2)c1. The number of hydrogen-bond acceptors (Lipinski definition) is 8. The van der Waals surface area contributed by atoms with Gasteiger partial charge in [0.05, 0.1) is 18.6 Å². The first kappa shape index (κ1) is 21.8. The standard InChI is InChI=1S/C25H22N6O2S/c1-16-7-8-20(13-17(16)2)31-24(18-9-11-26-12-10-18)28-29-25(31)34-15-22-27-23(30-33-22)19-5-4-6-21(14-19)32-3/h4-14H,15H2,1-3H3. The number of ether oxygens (including phenoxy) is 1. The molecule has 3 aromatic heterocycles. The third kappa shape index (κ3) is 4.42. The van der Waals surface area contributed by atoms with Crippen LogP contribution in [-0.2, 0) is 5.75 Å². The average molecular weight is 471 g/mol. The highest BCUT2D eigenvalue weighted by Crippen LogP contribution is 2.30. The first-order chi connectivity index (χ1) is 16.6. The molecule has 0 amide bonds. The number of pyridine rings is 1. The summed E-state index contributed by atoms with van der Waals surface area (Å²) in [6.07, 6.45) is 3.50. The van der Waals surface area contributed by atoms with Crippen LogP contribution in [0.5, 0.6) is 5.75 Å². The minimum atomic E-state index is 0.455. The van der Waals surface area contributed by atoms with Gasteiger partial charge in [0.25, 0.3) is 0 Å². The Bertz CT molecular complexity index is 1430. The van der Waals surface area contributed by atoms with Crippen LogP contribution in [0.1, 0.15) is 17.0 Å². The van der Waals surface area contributed by atoms with Crippen molar-refractivity contribution in [3.05, 3.63) is 84.0 Å². The maximum absolute atomic E-state index is 5.50. The minimum Gasteiger partial charge on any atom is -0.497 e. The van der Waals surface area contributed by atoms with Crippen LogP contribution in [0, 0.1) is 13.8 Å². The van der Waals surface area contributed by atoms with Crippen molar-refractivity contribution in [2.75, 3.05) is 7.11 Å². The average Bonchev–Trinajstić information content (AvgIpc) is 3.52. The number of methoxy groups -OCH3 is 1. The fraction of sp³-hybridized carbons (Fsp3) is 0.160. The molecular weight excluding hydrogens is 448 g/mol. The van der Waals surface area contributed by atoms with Crippen molar-refractivity contribution in [1.29, 1.82) is 0 Å². The number of hydrogen-bond donors (Lipinski definition) is 0. The van der Waals surface area contributed by atoms with Crippen LogP contribution in [-0.4, -0.2) is 37.0 Å². The van der Waals surface area contributed by atoms with E-state index in [1.807, 2.05) is 41.0 Å². The Morgan fingerprint density at radius 1 is 0.941 bits per heavy atom. The summed E-state index contributed by atoms with van der Waals surface area (Å²) in [7, 11) is 1.63. The molecule has 3 heterocycles. The smallest absolute Gasteiger partial charge is 0.237 e. The van der Waals surface area contributed by atoms with E-state index in [0.29, 0.717) is 17.5 Å². The summed E-state index contributed by atoms with van der Waals surface area (Å²) in [6.45, 7) is 4.20. The molecule has 170 valence electrons. The number of aromatic nitrogens is 6. The van der Waals surface area contributed by atoms with Crippen LogP contribution in [0.25, 0.3) is 28.5 Å². The van der Waals surface area contributed by atoms with E-state index in [1.165, 1.54) is 22.9 Å². The van der Waals surface area contributed by atoms with Gasteiger partial charge in [-0.3, -0.25) is 9.55 Å². The van der Waals surface area contributed by atoms with Crippen molar-refractivity contribution < 1.29 is 9.26 Å². The summed E-state index contributed by atoms with van der Waals surface area (Å²) in [5.74, 6) is 2.96. The highest BCUT2D eigenvalue weighted by Gasteiger charge is 2.18. The number of nitrogens with zero attached hydrogens (tertiary/aromatic N) is 6. The predicted molar refractivity (Wildman–Crippen MR) is 130 cm³/mol. The fourth-order valence-electron chi connectivity index (χ4n) is 3.47. The summed E-state index contributed by atoms with van der Waals surface area (Å²) >= 11 is 1.49. The predicted octanol–water partition coefficient (Wildman–Crippen LogP) is 5.30. The highest BCUT2D eigenvalue weighted by molar-refractivity contribution is 7.98. The zero-order valence-electron chi connectivity index (χ0n) is 19.0. The summed E-state index contributed by atoms with van der Waals surface area (Å²) in [5, 5.41) is 13.8. The van der Waals surface area contributed by atoms with E-state index in [9.17, 15) is 0 Å². The molecular formula is C25H22N6O2S. The zero-order chi connectivity index (χ0) is 23.5. The Hall–Kier alpha value is -3.98. The van der Waals surface area contributed by atoms with Gasteiger partial charge >= 0.3 is 0 Å². The quantitative estimate of drug-likeness (QED) is 0.296. The van der Waals surface area contributed by atoms with Crippen molar-refractivity contribution >= 4 is 11.8 Å². The molecule has 0 saturated carbocycles. The van der Waals surface area contributed by atoms with Gasteiger partial charge in [0, 0.05) is 23.5 Å². The molecule has 8 nitrogen and oxygen atoms in total. The lowest BCUT2D eigenvalue weighted by Gasteiger charge is -2.11. The maximum atomic E-state index is 5.50. The maximum Gasteiger partial charge on any atom is 0.237 e. The van der Waals surface area contributed by atoms with E-state index in [2.05, 4.69) is 57.4 Å². The van der Waals surface area contributed by atoms with Crippen LogP contribution >= 0.6 is 11.8 Å². The molecule has 0 N–H and O–H groups in total.